The molecule has 0 fully saturated rings. The van der Waals surface area contributed by atoms with Crippen molar-refractivity contribution in [1.82, 2.24) is 20.6 Å². The number of rotatable bonds is 7. The van der Waals surface area contributed by atoms with Crippen molar-refractivity contribution in [2.45, 2.75) is 39.8 Å². The molecule has 0 saturated heterocycles. The predicted molar refractivity (Wildman–Crippen MR) is 99.5 cm³/mol. The molecule has 0 aliphatic carbocycles. The molecule has 0 bridgehead atoms. The van der Waals surface area contributed by atoms with Gasteiger partial charge in [0.1, 0.15) is 18.1 Å². The highest BCUT2D eigenvalue weighted by molar-refractivity contribution is 5.85. The first kappa shape index (κ1) is 19.9. The fourth-order valence-corrected chi connectivity index (χ4v) is 2.41. The van der Waals surface area contributed by atoms with Gasteiger partial charge >= 0.3 is 0 Å². The average molecular weight is 379 g/mol. The van der Waals surface area contributed by atoms with Gasteiger partial charge in [-0.2, -0.15) is 4.98 Å². The zero-order chi connectivity index (χ0) is 17.8. The van der Waals surface area contributed by atoms with E-state index < -0.39 is 0 Å². The Balaban J connectivity index is 0.00000243. The molecule has 8 heteroatoms. The maximum Gasteiger partial charge on any atom is 0.258 e. The molecule has 26 heavy (non-hydrogen) atoms. The van der Waals surface area contributed by atoms with E-state index in [9.17, 15) is 0 Å². The normalized spacial score (nSPS) is 11.8. The molecular formula is C18H23ClN4O3. The molecule has 3 rings (SSSR count). The summed E-state index contributed by atoms with van der Waals surface area (Å²) < 4.78 is 16.4. The van der Waals surface area contributed by atoms with Crippen molar-refractivity contribution >= 4 is 12.4 Å². The minimum atomic E-state index is 0. The lowest BCUT2D eigenvalue weighted by Gasteiger charge is -2.06. The first-order valence-electron chi connectivity index (χ1n) is 8.21. The number of halogens is 1. The average Bonchev–Trinajstić information content (AvgIpc) is 3.20. The van der Waals surface area contributed by atoms with Crippen LogP contribution < -0.4 is 10.1 Å². The zero-order valence-corrected chi connectivity index (χ0v) is 16.1. The minimum absolute atomic E-state index is 0. The van der Waals surface area contributed by atoms with Crippen molar-refractivity contribution < 1.29 is 13.8 Å². The Bertz CT molecular complexity index is 827. The topological polar surface area (TPSA) is 86.2 Å². The molecule has 140 valence electrons. The van der Waals surface area contributed by atoms with Crippen LogP contribution in [-0.4, -0.2) is 28.4 Å². The standard InChI is InChI=1S/C18H22N4O3.ClH/c1-11(19-4)8-17-20-18(25-22-17)14-6-5-7-15(9-14)23-10-16-12(2)21-24-13(16)3;/h5-7,9,11,19H,8,10H2,1-4H3;1H. The lowest BCUT2D eigenvalue weighted by atomic mass is 10.2. The molecule has 3 aromatic rings. The van der Waals surface area contributed by atoms with E-state index in [1.54, 1.807) is 0 Å². The number of hydrogen-bond donors (Lipinski definition) is 1. The lowest BCUT2D eigenvalue weighted by Crippen LogP contribution is -2.24. The molecule has 1 N–H and O–H groups in total. The molecular weight excluding hydrogens is 356 g/mol. The van der Waals surface area contributed by atoms with Crippen LogP contribution in [0, 0.1) is 13.8 Å². The second-order valence-corrected chi connectivity index (χ2v) is 6.03. The second-order valence-electron chi connectivity index (χ2n) is 6.03. The third-order valence-electron chi connectivity index (χ3n) is 4.10. The number of nitrogens with one attached hydrogen (secondary N) is 1. The molecule has 0 saturated carbocycles. The van der Waals surface area contributed by atoms with Gasteiger partial charge in [-0.05, 0) is 46.0 Å². The third-order valence-corrected chi connectivity index (χ3v) is 4.10. The summed E-state index contributed by atoms with van der Waals surface area (Å²) in [6.07, 6.45) is 0.711. The first-order valence-corrected chi connectivity index (χ1v) is 8.21. The van der Waals surface area contributed by atoms with Crippen LogP contribution >= 0.6 is 12.4 Å². The molecule has 0 radical (unpaired) electrons. The van der Waals surface area contributed by atoms with Crippen LogP contribution in [0.4, 0.5) is 0 Å². The molecule has 1 aromatic carbocycles. The molecule has 1 unspecified atom stereocenters. The van der Waals surface area contributed by atoms with E-state index in [0.29, 0.717) is 24.7 Å². The third kappa shape index (κ3) is 4.62. The quantitative estimate of drug-likeness (QED) is 0.673. The summed E-state index contributed by atoms with van der Waals surface area (Å²) in [5.74, 6) is 2.66. The smallest absolute Gasteiger partial charge is 0.258 e. The highest BCUT2D eigenvalue weighted by Crippen LogP contribution is 2.24. The van der Waals surface area contributed by atoms with Crippen LogP contribution in [0.2, 0.25) is 0 Å². The van der Waals surface area contributed by atoms with Gasteiger partial charge < -0.3 is 19.1 Å². The first-order chi connectivity index (χ1) is 12.1. The Morgan fingerprint density at radius 2 is 2.00 bits per heavy atom. The number of ether oxygens (including phenoxy) is 1. The van der Waals surface area contributed by atoms with Crippen molar-refractivity contribution in [2.24, 2.45) is 0 Å². The Hall–Kier alpha value is -2.38. The van der Waals surface area contributed by atoms with Crippen molar-refractivity contribution in [3.8, 4) is 17.2 Å². The van der Waals surface area contributed by atoms with E-state index in [4.69, 9.17) is 13.8 Å². The zero-order valence-electron chi connectivity index (χ0n) is 15.3. The summed E-state index contributed by atoms with van der Waals surface area (Å²) in [4.78, 5) is 4.45. The fraction of sp³-hybridized carbons (Fsp3) is 0.389. The van der Waals surface area contributed by atoms with Crippen LogP contribution in [0.3, 0.4) is 0 Å². The summed E-state index contributed by atoms with van der Waals surface area (Å²) in [7, 11) is 1.91. The van der Waals surface area contributed by atoms with E-state index in [-0.39, 0.29) is 18.4 Å². The van der Waals surface area contributed by atoms with Crippen LogP contribution in [0.1, 0.15) is 29.8 Å². The van der Waals surface area contributed by atoms with Crippen molar-refractivity contribution in [2.75, 3.05) is 7.05 Å². The summed E-state index contributed by atoms with van der Waals surface area (Å²) in [6.45, 7) is 6.25. The Morgan fingerprint density at radius 3 is 2.69 bits per heavy atom. The fourth-order valence-electron chi connectivity index (χ4n) is 2.41. The SMILES string of the molecule is CNC(C)Cc1noc(-c2cccc(OCc3c(C)noc3C)c2)n1.Cl. The van der Waals surface area contributed by atoms with Gasteiger partial charge in [-0.25, -0.2) is 0 Å². The van der Waals surface area contributed by atoms with Crippen molar-refractivity contribution in [3.63, 3.8) is 0 Å². The van der Waals surface area contributed by atoms with Gasteiger partial charge in [0.15, 0.2) is 5.82 Å². The maximum absolute atomic E-state index is 5.86. The Morgan fingerprint density at radius 1 is 1.19 bits per heavy atom. The molecule has 1 atom stereocenters. The molecule has 0 spiro atoms. The summed E-state index contributed by atoms with van der Waals surface area (Å²) in [5, 5.41) is 11.1. The van der Waals surface area contributed by atoms with Gasteiger partial charge in [-0.3, -0.25) is 0 Å². The molecule has 0 amide bonds. The largest absolute Gasteiger partial charge is 0.489 e. The van der Waals surface area contributed by atoms with Crippen LogP contribution in [0.5, 0.6) is 5.75 Å². The van der Waals surface area contributed by atoms with E-state index in [1.165, 1.54) is 0 Å². The Kier molecular flexibility index (Phi) is 6.76. The van der Waals surface area contributed by atoms with Crippen molar-refractivity contribution in [1.29, 1.82) is 0 Å². The molecule has 0 aliphatic heterocycles. The summed E-state index contributed by atoms with van der Waals surface area (Å²) in [5.41, 5.74) is 2.63. The van der Waals surface area contributed by atoms with Gasteiger partial charge in [-0.1, -0.05) is 16.4 Å². The monoisotopic (exact) mass is 378 g/mol. The number of likely N-dealkylation sites (N-methyl/N-ethyl adjacent to an activating group) is 1. The van der Waals surface area contributed by atoms with E-state index in [0.717, 1.165) is 28.3 Å². The van der Waals surface area contributed by atoms with E-state index in [2.05, 4.69) is 27.5 Å². The highest BCUT2D eigenvalue weighted by atomic mass is 35.5. The van der Waals surface area contributed by atoms with Gasteiger partial charge in [-0.15, -0.1) is 12.4 Å². The molecule has 0 aliphatic rings. The molecule has 2 aromatic heterocycles. The maximum atomic E-state index is 5.86. The van der Waals surface area contributed by atoms with Gasteiger partial charge in [0.25, 0.3) is 5.89 Å². The van der Waals surface area contributed by atoms with Gasteiger partial charge in [0.05, 0.1) is 11.3 Å². The van der Waals surface area contributed by atoms with Crippen LogP contribution in [-0.2, 0) is 13.0 Å². The number of nitrogens with zero attached hydrogens (tertiary/aromatic N) is 3. The van der Waals surface area contributed by atoms with E-state index >= 15 is 0 Å². The second kappa shape index (κ2) is 8.82. The number of aromatic nitrogens is 3. The van der Waals surface area contributed by atoms with Gasteiger partial charge in [0, 0.05) is 18.0 Å². The van der Waals surface area contributed by atoms with Crippen LogP contribution in [0.15, 0.2) is 33.3 Å². The summed E-state index contributed by atoms with van der Waals surface area (Å²) in [6, 6.07) is 7.88. The molecule has 7 nitrogen and oxygen atoms in total. The Labute approximate surface area is 158 Å². The van der Waals surface area contributed by atoms with Crippen molar-refractivity contribution in [3.05, 3.63) is 47.1 Å². The lowest BCUT2D eigenvalue weighted by molar-refractivity contribution is 0.301. The van der Waals surface area contributed by atoms with Gasteiger partial charge in [0.2, 0.25) is 0 Å². The van der Waals surface area contributed by atoms with Crippen LogP contribution in [0.25, 0.3) is 11.5 Å². The highest BCUT2D eigenvalue weighted by Gasteiger charge is 2.13. The molecule has 2 heterocycles. The summed E-state index contributed by atoms with van der Waals surface area (Å²) >= 11 is 0. The number of aryl methyl sites for hydroxylation is 2. The van der Waals surface area contributed by atoms with E-state index in [1.807, 2.05) is 45.2 Å². The minimum Gasteiger partial charge on any atom is -0.489 e. The number of hydrogen-bond acceptors (Lipinski definition) is 7. The number of benzene rings is 1. The predicted octanol–water partition coefficient (Wildman–Crippen LogP) is 3.49.